The number of nitrogens with one attached hydrogen (secondary N) is 1. The number of halogens is 1. The van der Waals surface area contributed by atoms with Crippen molar-refractivity contribution in [3.8, 4) is 11.5 Å². The summed E-state index contributed by atoms with van der Waals surface area (Å²) in [4.78, 5) is 0. The van der Waals surface area contributed by atoms with Crippen molar-refractivity contribution in [2.45, 2.75) is 19.9 Å². The van der Waals surface area contributed by atoms with E-state index in [2.05, 4.69) is 46.4 Å². The van der Waals surface area contributed by atoms with Crippen LogP contribution in [0.4, 0.5) is 5.69 Å². The smallest absolute Gasteiger partial charge is 0.166 e. The van der Waals surface area contributed by atoms with E-state index in [0.29, 0.717) is 6.61 Å². The van der Waals surface area contributed by atoms with Crippen LogP contribution in [0.5, 0.6) is 11.5 Å². The number of fused-ring (bicyclic) bond motifs is 1. The molecule has 1 aliphatic heterocycles. The maximum Gasteiger partial charge on any atom is 0.166 e. The topological polar surface area (TPSA) is 30.5 Å². The molecule has 1 heterocycles. The number of rotatable bonds is 3. The van der Waals surface area contributed by atoms with Crippen molar-refractivity contribution in [1.82, 2.24) is 0 Å². The van der Waals surface area contributed by atoms with Gasteiger partial charge in [-0.05, 0) is 36.8 Å². The molecule has 110 valence electrons. The highest BCUT2D eigenvalue weighted by Gasteiger charge is 2.14. The highest BCUT2D eigenvalue weighted by atomic mass is 79.9. The highest BCUT2D eigenvalue weighted by molar-refractivity contribution is 9.10. The Labute approximate surface area is 133 Å². The molecule has 0 bridgehead atoms. The van der Waals surface area contributed by atoms with Gasteiger partial charge in [0.25, 0.3) is 0 Å². The van der Waals surface area contributed by atoms with Crippen molar-refractivity contribution in [2.75, 3.05) is 18.5 Å². The van der Waals surface area contributed by atoms with Crippen LogP contribution in [0.3, 0.4) is 0 Å². The molecule has 2 aromatic rings. The molecule has 0 fully saturated rings. The van der Waals surface area contributed by atoms with Crippen molar-refractivity contribution in [1.29, 1.82) is 0 Å². The van der Waals surface area contributed by atoms with Gasteiger partial charge in [0.2, 0.25) is 0 Å². The van der Waals surface area contributed by atoms with Gasteiger partial charge >= 0.3 is 0 Å². The van der Waals surface area contributed by atoms with E-state index in [-0.39, 0.29) is 0 Å². The summed E-state index contributed by atoms with van der Waals surface area (Å²) in [5, 5.41) is 3.47. The molecular weight excluding hydrogens is 330 g/mol. The van der Waals surface area contributed by atoms with Gasteiger partial charge in [0.15, 0.2) is 11.5 Å². The maximum atomic E-state index is 5.84. The van der Waals surface area contributed by atoms with Crippen LogP contribution in [-0.2, 0) is 6.54 Å². The molecule has 0 radical (unpaired) electrons. The quantitative estimate of drug-likeness (QED) is 0.884. The second kappa shape index (κ2) is 6.39. The molecule has 1 N–H and O–H groups in total. The lowest BCUT2D eigenvalue weighted by Crippen LogP contribution is -2.04. The Morgan fingerprint density at radius 2 is 2.00 bits per heavy atom. The molecule has 0 aromatic heterocycles. The van der Waals surface area contributed by atoms with Gasteiger partial charge in [-0.15, -0.1) is 0 Å². The van der Waals surface area contributed by atoms with Crippen molar-refractivity contribution < 1.29 is 9.47 Å². The molecule has 0 amide bonds. The summed E-state index contributed by atoms with van der Waals surface area (Å²) in [6.45, 7) is 4.24. The van der Waals surface area contributed by atoms with E-state index in [1.807, 2.05) is 18.2 Å². The molecule has 3 rings (SSSR count). The van der Waals surface area contributed by atoms with E-state index in [1.54, 1.807) is 0 Å². The van der Waals surface area contributed by atoms with Crippen molar-refractivity contribution >= 4 is 21.6 Å². The molecule has 21 heavy (non-hydrogen) atoms. The minimum Gasteiger partial charge on any atom is -0.490 e. The molecule has 4 heteroatoms. The number of aryl methyl sites for hydroxylation is 1. The molecular formula is C17H18BrNO2. The SMILES string of the molecule is Cc1cc(Br)ccc1NCc1cccc2c1OCCCO2. The van der Waals surface area contributed by atoms with Crippen LogP contribution in [0.2, 0.25) is 0 Å². The number of anilines is 1. The van der Waals surface area contributed by atoms with Crippen LogP contribution < -0.4 is 14.8 Å². The van der Waals surface area contributed by atoms with Crippen LogP contribution in [0.15, 0.2) is 40.9 Å². The molecule has 0 atom stereocenters. The van der Waals surface area contributed by atoms with Crippen LogP contribution >= 0.6 is 15.9 Å². The second-order valence-corrected chi connectivity index (χ2v) is 6.02. The van der Waals surface area contributed by atoms with E-state index >= 15 is 0 Å². The normalized spacial score (nSPS) is 13.6. The molecule has 0 spiro atoms. The maximum absolute atomic E-state index is 5.84. The van der Waals surface area contributed by atoms with E-state index in [9.17, 15) is 0 Å². The molecule has 0 unspecified atom stereocenters. The van der Waals surface area contributed by atoms with Crippen molar-refractivity contribution in [3.63, 3.8) is 0 Å². The van der Waals surface area contributed by atoms with E-state index in [4.69, 9.17) is 9.47 Å². The van der Waals surface area contributed by atoms with Crippen LogP contribution in [0.1, 0.15) is 17.5 Å². The van der Waals surface area contributed by atoms with E-state index in [0.717, 1.165) is 46.8 Å². The third kappa shape index (κ3) is 3.32. The van der Waals surface area contributed by atoms with Crippen molar-refractivity contribution in [3.05, 3.63) is 52.0 Å². The van der Waals surface area contributed by atoms with Gasteiger partial charge < -0.3 is 14.8 Å². The summed E-state index contributed by atoms with van der Waals surface area (Å²) in [5.74, 6) is 1.72. The van der Waals surface area contributed by atoms with Gasteiger partial charge in [0.05, 0.1) is 13.2 Å². The summed E-state index contributed by atoms with van der Waals surface area (Å²) in [6.07, 6.45) is 0.924. The molecule has 3 nitrogen and oxygen atoms in total. The first-order valence-electron chi connectivity index (χ1n) is 7.11. The summed E-state index contributed by atoms with van der Waals surface area (Å²) in [7, 11) is 0. The van der Waals surface area contributed by atoms with Gasteiger partial charge in [-0.3, -0.25) is 0 Å². The zero-order valence-electron chi connectivity index (χ0n) is 12.0. The predicted octanol–water partition coefficient (Wildman–Crippen LogP) is 4.53. The Morgan fingerprint density at radius 3 is 2.86 bits per heavy atom. The average molecular weight is 348 g/mol. The first-order valence-corrected chi connectivity index (χ1v) is 7.91. The Bertz CT molecular complexity index is 643. The largest absolute Gasteiger partial charge is 0.490 e. The highest BCUT2D eigenvalue weighted by Crippen LogP contribution is 2.33. The number of hydrogen-bond donors (Lipinski definition) is 1. The molecule has 1 aliphatic rings. The lowest BCUT2D eigenvalue weighted by atomic mass is 10.1. The second-order valence-electron chi connectivity index (χ2n) is 5.11. The fraction of sp³-hybridized carbons (Fsp3) is 0.294. The van der Waals surface area contributed by atoms with Gasteiger partial charge in [-0.1, -0.05) is 28.1 Å². The molecule has 0 saturated carbocycles. The van der Waals surface area contributed by atoms with Gasteiger partial charge in [0.1, 0.15) is 0 Å². The standard InChI is InChI=1S/C17H18BrNO2/c1-12-10-14(18)6-7-15(12)19-11-13-4-2-5-16-17(13)21-9-3-8-20-16/h2,4-7,10,19H,3,8-9,11H2,1H3. The lowest BCUT2D eigenvalue weighted by molar-refractivity contribution is 0.296. The lowest BCUT2D eigenvalue weighted by Gasteiger charge is -2.14. The molecule has 0 saturated heterocycles. The Balaban J connectivity index is 1.79. The number of benzene rings is 2. The summed E-state index contributed by atoms with van der Waals surface area (Å²) in [6, 6.07) is 12.3. The monoisotopic (exact) mass is 347 g/mol. The van der Waals surface area contributed by atoms with Crippen LogP contribution in [0, 0.1) is 6.92 Å². The van der Waals surface area contributed by atoms with Gasteiger partial charge in [0, 0.05) is 28.7 Å². The Hall–Kier alpha value is -1.68. The van der Waals surface area contributed by atoms with E-state index in [1.165, 1.54) is 5.56 Å². The van der Waals surface area contributed by atoms with Gasteiger partial charge in [-0.25, -0.2) is 0 Å². The summed E-state index contributed by atoms with van der Waals surface area (Å²) < 4.78 is 12.7. The number of para-hydroxylation sites is 1. The summed E-state index contributed by atoms with van der Waals surface area (Å²) >= 11 is 3.49. The average Bonchev–Trinajstić information content (AvgIpc) is 2.72. The Kier molecular flexibility index (Phi) is 4.34. The Morgan fingerprint density at radius 1 is 1.14 bits per heavy atom. The number of ether oxygens (including phenoxy) is 2. The third-order valence-electron chi connectivity index (χ3n) is 3.51. The van der Waals surface area contributed by atoms with E-state index < -0.39 is 0 Å². The first-order chi connectivity index (χ1) is 10.2. The molecule has 2 aromatic carbocycles. The fourth-order valence-corrected chi connectivity index (χ4v) is 2.88. The zero-order chi connectivity index (χ0) is 14.7. The summed E-state index contributed by atoms with van der Waals surface area (Å²) in [5.41, 5.74) is 3.46. The fourth-order valence-electron chi connectivity index (χ4n) is 2.41. The van der Waals surface area contributed by atoms with Gasteiger partial charge in [-0.2, -0.15) is 0 Å². The third-order valence-corrected chi connectivity index (χ3v) is 4.00. The zero-order valence-corrected chi connectivity index (χ0v) is 13.6. The van der Waals surface area contributed by atoms with Crippen LogP contribution in [-0.4, -0.2) is 13.2 Å². The molecule has 0 aliphatic carbocycles. The minimum atomic E-state index is 0.710. The van der Waals surface area contributed by atoms with Crippen molar-refractivity contribution in [2.24, 2.45) is 0 Å². The number of hydrogen-bond acceptors (Lipinski definition) is 3. The van der Waals surface area contributed by atoms with Crippen LogP contribution in [0.25, 0.3) is 0 Å². The minimum absolute atomic E-state index is 0.710. The predicted molar refractivity (Wildman–Crippen MR) is 88.3 cm³/mol. The first kappa shape index (κ1) is 14.3.